The minimum Gasteiger partial charge on any atom is -0.465 e. The standard InChI is InChI=1S/C45H71N3O5S/c1-11-45(46-24-25-48-26-28-54(51,52)29-27-48)23-22-43(8)36(39(45)30(2)31(3)47-32(4)49)16-17-38-42(7)20-18-35(33-12-14-34(15-13-33)40(50)53-10)41(5,6)37(42)19-21-44(38,43)9/h12-15,18,30-31,36-39,46H,11,16-17,19-29H2,1-10H3,(H,47,49)/t30-,31?,36+,37-,38+,39+,42-,43+,44+,45-/m0/s1. The van der Waals surface area contributed by atoms with Crippen LogP contribution in [0.5, 0.6) is 0 Å². The van der Waals surface area contributed by atoms with Crippen LogP contribution in [0.2, 0.25) is 0 Å². The molecular formula is C45H71N3O5S. The van der Waals surface area contributed by atoms with Crippen LogP contribution in [0.25, 0.3) is 5.57 Å². The van der Waals surface area contributed by atoms with Gasteiger partial charge >= 0.3 is 5.97 Å². The van der Waals surface area contributed by atoms with Gasteiger partial charge in [-0.1, -0.05) is 66.7 Å². The lowest BCUT2D eigenvalue weighted by Gasteiger charge is -2.73. The van der Waals surface area contributed by atoms with Crippen LogP contribution < -0.4 is 10.6 Å². The van der Waals surface area contributed by atoms with Crippen molar-refractivity contribution in [3.63, 3.8) is 0 Å². The molecule has 1 unspecified atom stereocenters. The van der Waals surface area contributed by atoms with Crippen molar-refractivity contribution in [3.8, 4) is 0 Å². The highest BCUT2D eigenvalue weighted by atomic mass is 32.2. The maximum absolute atomic E-state index is 12.4. The van der Waals surface area contributed by atoms with Crippen LogP contribution in [0.3, 0.4) is 0 Å². The molecule has 1 saturated heterocycles. The predicted octanol–water partition coefficient (Wildman–Crippen LogP) is 7.78. The Morgan fingerprint density at radius 1 is 0.926 bits per heavy atom. The minimum absolute atomic E-state index is 0.00387. The number of ether oxygens (including phenoxy) is 1. The zero-order valence-corrected chi connectivity index (χ0v) is 36.0. The number of fused-ring (bicyclic) bond motifs is 5. The van der Waals surface area contributed by atoms with Gasteiger partial charge in [-0.15, -0.1) is 0 Å². The summed E-state index contributed by atoms with van der Waals surface area (Å²) in [5.74, 6) is 2.66. The van der Waals surface area contributed by atoms with Crippen LogP contribution in [0.1, 0.15) is 130 Å². The molecule has 9 heteroatoms. The van der Waals surface area contributed by atoms with Crippen molar-refractivity contribution in [1.29, 1.82) is 0 Å². The van der Waals surface area contributed by atoms with Crippen LogP contribution in [-0.4, -0.2) is 81.6 Å². The summed E-state index contributed by atoms with van der Waals surface area (Å²) in [7, 11) is -1.47. The van der Waals surface area contributed by atoms with Gasteiger partial charge in [0.15, 0.2) is 9.84 Å². The third-order valence-corrected chi connectivity index (χ3v) is 18.7. The average Bonchev–Trinajstić information content (AvgIpc) is 3.11. The van der Waals surface area contributed by atoms with E-state index in [1.54, 1.807) is 6.92 Å². The Hall–Kier alpha value is -2.23. The molecule has 1 aromatic carbocycles. The number of sulfone groups is 1. The second kappa shape index (κ2) is 14.9. The fourth-order valence-electron chi connectivity index (χ4n) is 13.9. The number of rotatable bonds is 10. The van der Waals surface area contributed by atoms with Crippen molar-refractivity contribution < 1.29 is 22.7 Å². The van der Waals surface area contributed by atoms with Gasteiger partial charge in [-0.2, -0.15) is 0 Å². The van der Waals surface area contributed by atoms with E-state index >= 15 is 0 Å². The molecule has 54 heavy (non-hydrogen) atoms. The van der Waals surface area contributed by atoms with E-state index in [4.69, 9.17) is 4.74 Å². The summed E-state index contributed by atoms with van der Waals surface area (Å²) in [5.41, 5.74) is 3.71. The molecule has 2 N–H and O–H groups in total. The summed E-state index contributed by atoms with van der Waals surface area (Å²) < 4.78 is 29.2. The van der Waals surface area contributed by atoms with Crippen molar-refractivity contribution in [1.82, 2.24) is 15.5 Å². The molecule has 6 rings (SSSR count). The highest BCUT2D eigenvalue weighted by Crippen LogP contribution is 2.75. The van der Waals surface area contributed by atoms with Gasteiger partial charge in [0.25, 0.3) is 0 Å². The van der Waals surface area contributed by atoms with Gasteiger partial charge in [-0.25, -0.2) is 13.2 Å². The Labute approximate surface area is 327 Å². The van der Waals surface area contributed by atoms with Gasteiger partial charge in [0.1, 0.15) is 0 Å². The molecule has 8 nitrogen and oxygen atoms in total. The Balaban J connectivity index is 1.30. The largest absolute Gasteiger partial charge is 0.465 e. The van der Waals surface area contributed by atoms with Gasteiger partial charge in [0.05, 0.1) is 24.2 Å². The third-order valence-electron chi connectivity index (χ3n) is 17.1. The van der Waals surface area contributed by atoms with Crippen LogP contribution in [0.4, 0.5) is 0 Å². The highest BCUT2D eigenvalue weighted by Gasteiger charge is 2.69. The number of nitrogens with zero attached hydrogens (tertiary/aromatic N) is 1. The van der Waals surface area contributed by atoms with E-state index in [0.29, 0.717) is 48.2 Å². The monoisotopic (exact) mass is 766 g/mol. The number of carbonyl (C=O) groups is 2. The minimum atomic E-state index is -2.91. The first-order valence-electron chi connectivity index (χ1n) is 21.1. The van der Waals surface area contributed by atoms with Gasteiger partial charge in [0, 0.05) is 44.7 Å². The third kappa shape index (κ3) is 6.92. The first kappa shape index (κ1) is 41.4. The lowest BCUT2D eigenvalue weighted by Crippen LogP contribution is -2.70. The number of methoxy groups -OCH3 is 1. The molecule has 0 bridgehead atoms. The molecule has 4 aliphatic carbocycles. The fourth-order valence-corrected chi connectivity index (χ4v) is 15.1. The number of hydrogen-bond acceptors (Lipinski definition) is 7. The SMILES string of the molecule is CC[C@]1(NCCN2CCS(=O)(=O)CC2)CC[C@]2(C)[C@H](CC[C@@H]3[C@@]4(C)CC=C(c5ccc(C(=O)OC)cc5)C(C)(C)[C@@H]4CC[C@]32C)[C@H]1[C@@H](C)C(C)NC(C)=O. The van der Waals surface area contributed by atoms with Gasteiger partial charge in [-0.05, 0) is 133 Å². The lowest BCUT2D eigenvalue weighted by molar-refractivity contribution is -0.226. The van der Waals surface area contributed by atoms with E-state index in [-0.39, 0.29) is 56.6 Å². The summed E-state index contributed by atoms with van der Waals surface area (Å²) in [6.07, 6.45) is 11.9. The summed E-state index contributed by atoms with van der Waals surface area (Å²) in [6.45, 7) is 24.5. The van der Waals surface area contributed by atoms with Crippen molar-refractivity contribution in [3.05, 3.63) is 41.5 Å². The van der Waals surface area contributed by atoms with Gasteiger partial charge < -0.3 is 20.3 Å². The Bertz CT molecular complexity index is 1690. The van der Waals surface area contributed by atoms with Crippen LogP contribution >= 0.6 is 0 Å². The molecule has 3 saturated carbocycles. The maximum atomic E-state index is 12.4. The van der Waals surface area contributed by atoms with Gasteiger partial charge in [-0.3, -0.25) is 4.79 Å². The molecule has 0 spiro atoms. The number of esters is 1. The summed E-state index contributed by atoms with van der Waals surface area (Å²) >= 11 is 0. The number of hydrogen-bond donors (Lipinski definition) is 2. The van der Waals surface area contributed by atoms with E-state index in [9.17, 15) is 18.0 Å². The van der Waals surface area contributed by atoms with Crippen LogP contribution in [-0.2, 0) is 19.4 Å². The van der Waals surface area contributed by atoms with Crippen LogP contribution in [0.15, 0.2) is 30.3 Å². The molecule has 0 radical (unpaired) electrons. The van der Waals surface area contributed by atoms with Crippen LogP contribution in [0, 0.1) is 51.2 Å². The molecular weight excluding hydrogens is 695 g/mol. The number of nitrogens with one attached hydrogen (secondary N) is 2. The Kier molecular flexibility index (Phi) is 11.4. The number of amides is 1. The smallest absolute Gasteiger partial charge is 0.337 e. The zero-order valence-electron chi connectivity index (χ0n) is 35.1. The quantitative estimate of drug-likeness (QED) is 0.235. The highest BCUT2D eigenvalue weighted by molar-refractivity contribution is 7.91. The normalized spacial score (nSPS) is 38.4. The second-order valence-electron chi connectivity index (χ2n) is 19.6. The van der Waals surface area contributed by atoms with E-state index in [2.05, 4.69) is 89.1 Å². The average molecular weight is 766 g/mol. The summed E-state index contributed by atoms with van der Waals surface area (Å²) in [5, 5.41) is 7.50. The van der Waals surface area contributed by atoms with E-state index in [1.807, 2.05) is 12.1 Å². The van der Waals surface area contributed by atoms with E-state index in [0.717, 1.165) is 32.4 Å². The molecule has 4 fully saturated rings. The first-order chi connectivity index (χ1) is 25.3. The molecule has 1 aromatic rings. The van der Waals surface area contributed by atoms with Crippen molar-refractivity contribution in [2.75, 3.05) is 44.8 Å². The van der Waals surface area contributed by atoms with Crippen molar-refractivity contribution in [2.24, 2.45) is 51.2 Å². The Morgan fingerprint density at radius 2 is 1.59 bits per heavy atom. The van der Waals surface area contributed by atoms with E-state index < -0.39 is 9.84 Å². The summed E-state index contributed by atoms with van der Waals surface area (Å²) in [4.78, 5) is 26.9. The molecule has 5 aliphatic rings. The number of carbonyl (C=O) groups excluding carboxylic acids is 2. The molecule has 1 aliphatic heterocycles. The predicted molar refractivity (Wildman–Crippen MR) is 219 cm³/mol. The molecule has 302 valence electrons. The maximum Gasteiger partial charge on any atom is 0.337 e. The lowest BCUT2D eigenvalue weighted by atomic mass is 9.32. The molecule has 0 aromatic heterocycles. The molecule has 1 heterocycles. The summed E-state index contributed by atoms with van der Waals surface area (Å²) in [6, 6.07) is 8.10. The topological polar surface area (TPSA) is 105 Å². The van der Waals surface area contributed by atoms with Crippen molar-refractivity contribution >= 4 is 27.3 Å². The molecule has 1 amide bonds. The number of benzene rings is 1. The Morgan fingerprint density at radius 3 is 2.20 bits per heavy atom. The van der Waals surface area contributed by atoms with Crippen molar-refractivity contribution in [2.45, 2.75) is 125 Å². The van der Waals surface area contributed by atoms with E-state index in [1.165, 1.54) is 50.4 Å². The number of allylic oxidation sites excluding steroid dienone is 2. The zero-order chi connectivity index (χ0) is 39.5. The second-order valence-corrected chi connectivity index (χ2v) is 21.9. The van der Waals surface area contributed by atoms with Gasteiger partial charge in [0.2, 0.25) is 5.91 Å². The molecule has 10 atom stereocenters. The first-order valence-corrected chi connectivity index (χ1v) is 22.9. The fraction of sp³-hybridized carbons (Fsp3) is 0.778.